The molecule has 1 aromatic rings. The Morgan fingerprint density at radius 2 is 2.28 bits per heavy atom. The van der Waals surface area contributed by atoms with E-state index in [1.165, 1.54) is 6.42 Å². The first-order chi connectivity index (χ1) is 12.3. The second-order valence-electron chi connectivity index (χ2n) is 7.47. The van der Waals surface area contributed by atoms with Crippen molar-refractivity contribution in [2.45, 2.75) is 44.1 Å². The fourth-order valence-electron chi connectivity index (χ4n) is 4.36. The van der Waals surface area contributed by atoms with Gasteiger partial charge in [0, 0.05) is 24.9 Å². The van der Waals surface area contributed by atoms with Gasteiger partial charge in [-0.1, -0.05) is 12.1 Å². The number of pyridine rings is 1. The average Bonchev–Trinajstić information content (AvgIpc) is 3.05. The Labute approximate surface area is 149 Å². The van der Waals surface area contributed by atoms with Crippen LogP contribution in [0.5, 0.6) is 0 Å². The number of likely N-dealkylation sites (tertiary alicyclic amines) is 1. The van der Waals surface area contributed by atoms with E-state index in [0.29, 0.717) is 5.92 Å². The van der Waals surface area contributed by atoms with Crippen LogP contribution in [-0.2, 0) is 9.53 Å². The molecule has 3 aliphatic rings. The maximum Gasteiger partial charge on any atom is 0.249 e. The van der Waals surface area contributed by atoms with Gasteiger partial charge in [-0.15, -0.1) is 0 Å². The van der Waals surface area contributed by atoms with E-state index < -0.39 is 0 Å². The first-order valence-corrected chi connectivity index (χ1v) is 9.54. The first-order valence-electron chi connectivity index (χ1n) is 9.54. The van der Waals surface area contributed by atoms with E-state index in [1.54, 1.807) is 6.20 Å². The SMILES string of the molecule is O=C(C1=CCCCC1)N1CC2(C1)OCC[C@H]2CCNc1ccccn1. The monoisotopic (exact) mass is 341 g/mol. The number of ether oxygens (including phenoxy) is 1. The molecule has 1 aliphatic carbocycles. The van der Waals surface area contributed by atoms with Gasteiger partial charge in [-0.25, -0.2) is 4.98 Å². The van der Waals surface area contributed by atoms with Gasteiger partial charge in [-0.3, -0.25) is 4.79 Å². The topological polar surface area (TPSA) is 54.5 Å². The van der Waals surface area contributed by atoms with Crippen LogP contribution in [0.25, 0.3) is 0 Å². The molecule has 1 spiro atoms. The van der Waals surface area contributed by atoms with Crippen LogP contribution in [0.1, 0.15) is 38.5 Å². The predicted molar refractivity (Wildman–Crippen MR) is 97.3 cm³/mol. The Balaban J connectivity index is 1.29. The number of nitrogens with zero attached hydrogens (tertiary/aromatic N) is 2. The molecule has 1 aromatic heterocycles. The van der Waals surface area contributed by atoms with Crippen LogP contribution in [0.2, 0.25) is 0 Å². The van der Waals surface area contributed by atoms with Crippen LogP contribution >= 0.6 is 0 Å². The van der Waals surface area contributed by atoms with E-state index >= 15 is 0 Å². The zero-order chi connectivity index (χ0) is 17.1. The molecule has 2 aliphatic heterocycles. The van der Waals surface area contributed by atoms with Gasteiger partial charge >= 0.3 is 0 Å². The molecule has 0 saturated carbocycles. The molecule has 5 nitrogen and oxygen atoms in total. The van der Waals surface area contributed by atoms with Crippen molar-refractivity contribution in [2.75, 3.05) is 31.6 Å². The maximum atomic E-state index is 12.6. The molecule has 1 atom stereocenters. The van der Waals surface area contributed by atoms with Crippen molar-refractivity contribution in [3.05, 3.63) is 36.0 Å². The summed E-state index contributed by atoms with van der Waals surface area (Å²) in [5.74, 6) is 1.68. The molecule has 5 heteroatoms. The number of rotatable bonds is 5. The normalized spacial score (nSPS) is 24.7. The molecular formula is C20H27N3O2. The highest BCUT2D eigenvalue weighted by Gasteiger charge is 2.54. The fourth-order valence-corrected chi connectivity index (χ4v) is 4.36. The summed E-state index contributed by atoms with van der Waals surface area (Å²) < 4.78 is 6.10. The standard InChI is InChI=1S/C20H27N3O2/c24-19(16-6-2-1-3-7-16)23-14-20(15-23)17(10-13-25-20)9-12-22-18-8-4-5-11-21-18/h4-6,8,11,17H,1-3,7,9-10,12-15H2,(H,21,22)/t17-/m1/s1. The quantitative estimate of drug-likeness (QED) is 0.894. The minimum atomic E-state index is -0.101. The molecule has 2 saturated heterocycles. The van der Waals surface area contributed by atoms with Gasteiger partial charge < -0.3 is 15.0 Å². The van der Waals surface area contributed by atoms with Crippen LogP contribution in [0.15, 0.2) is 36.0 Å². The predicted octanol–water partition coefficient (Wildman–Crippen LogP) is 3.00. The number of amides is 1. The van der Waals surface area contributed by atoms with Crippen molar-refractivity contribution in [1.82, 2.24) is 9.88 Å². The van der Waals surface area contributed by atoms with Gasteiger partial charge in [0.1, 0.15) is 11.4 Å². The minimum absolute atomic E-state index is 0.101. The van der Waals surface area contributed by atoms with Crippen LogP contribution in [0.4, 0.5) is 5.82 Å². The lowest BCUT2D eigenvalue weighted by Gasteiger charge is -2.50. The van der Waals surface area contributed by atoms with E-state index in [1.807, 2.05) is 23.1 Å². The van der Waals surface area contributed by atoms with Crippen LogP contribution < -0.4 is 5.32 Å². The summed E-state index contributed by atoms with van der Waals surface area (Å²) in [5, 5.41) is 3.39. The molecular weight excluding hydrogens is 314 g/mol. The van der Waals surface area contributed by atoms with E-state index in [4.69, 9.17) is 4.74 Å². The van der Waals surface area contributed by atoms with Gasteiger partial charge in [-0.2, -0.15) is 0 Å². The summed E-state index contributed by atoms with van der Waals surface area (Å²) in [4.78, 5) is 18.9. The number of hydrogen-bond donors (Lipinski definition) is 1. The molecule has 0 unspecified atom stereocenters. The molecule has 4 rings (SSSR count). The smallest absolute Gasteiger partial charge is 0.249 e. The number of carbonyl (C=O) groups excluding carboxylic acids is 1. The zero-order valence-corrected chi connectivity index (χ0v) is 14.7. The van der Waals surface area contributed by atoms with Gasteiger partial charge in [0.15, 0.2) is 0 Å². The summed E-state index contributed by atoms with van der Waals surface area (Å²) in [6.45, 7) is 3.24. The second kappa shape index (κ2) is 7.16. The van der Waals surface area contributed by atoms with Crippen molar-refractivity contribution in [3.8, 4) is 0 Å². The lowest BCUT2D eigenvalue weighted by Crippen LogP contribution is -2.66. The van der Waals surface area contributed by atoms with Crippen molar-refractivity contribution < 1.29 is 9.53 Å². The summed E-state index contributed by atoms with van der Waals surface area (Å²) in [6, 6.07) is 5.90. The summed E-state index contributed by atoms with van der Waals surface area (Å²) in [5.41, 5.74) is 0.920. The Bertz CT molecular complexity index is 638. The number of carbonyl (C=O) groups is 1. The Kier molecular flexibility index (Phi) is 4.75. The van der Waals surface area contributed by atoms with E-state index in [2.05, 4.69) is 16.4 Å². The van der Waals surface area contributed by atoms with Crippen LogP contribution in [0, 0.1) is 5.92 Å². The number of anilines is 1. The summed E-state index contributed by atoms with van der Waals surface area (Å²) >= 11 is 0. The summed E-state index contributed by atoms with van der Waals surface area (Å²) in [6.07, 6.45) is 10.5. The average molecular weight is 341 g/mol. The van der Waals surface area contributed by atoms with Crippen molar-refractivity contribution in [2.24, 2.45) is 5.92 Å². The molecule has 1 N–H and O–H groups in total. The second-order valence-corrected chi connectivity index (χ2v) is 7.47. The number of hydrogen-bond acceptors (Lipinski definition) is 4. The van der Waals surface area contributed by atoms with Gasteiger partial charge in [0.05, 0.1) is 13.1 Å². The van der Waals surface area contributed by atoms with Gasteiger partial charge in [0.2, 0.25) is 5.91 Å². The molecule has 0 radical (unpaired) electrons. The van der Waals surface area contributed by atoms with E-state index in [9.17, 15) is 4.79 Å². The van der Waals surface area contributed by atoms with Gasteiger partial charge in [0.25, 0.3) is 0 Å². The maximum absolute atomic E-state index is 12.6. The molecule has 3 heterocycles. The van der Waals surface area contributed by atoms with E-state index in [-0.39, 0.29) is 11.5 Å². The lowest BCUT2D eigenvalue weighted by atomic mass is 9.78. The minimum Gasteiger partial charge on any atom is -0.371 e. The highest BCUT2D eigenvalue weighted by molar-refractivity contribution is 5.94. The van der Waals surface area contributed by atoms with Crippen molar-refractivity contribution in [1.29, 1.82) is 0 Å². The Hall–Kier alpha value is -1.88. The van der Waals surface area contributed by atoms with Crippen LogP contribution in [0.3, 0.4) is 0 Å². The highest BCUT2D eigenvalue weighted by atomic mass is 16.5. The number of allylic oxidation sites excluding steroid dienone is 1. The largest absolute Gasteiger partial charge is 0.371 e. The van der Waals surface area contributed by atoms with Crippen molar-refractivity contribution >= 4 is 11.7 Å². The lowest BCUT2D eigenvalue weighted by molar-refractivity contribution is -0.161. The third-order valence-corrected chi connectivity index (χ3v) is 5.83. The van der Waals surface area contributed by atoms with Gasteiger partial charge in [-0.05, 0) is 56.6 Å². The molecule has 134 valence electrons. The highest BCUT2D eigenvalue weighted by Crippen LogP contribution is 2.42. The number of aromatic nitrogens is 1. The Morgan fingerprint density at radius 3 is 3.04 bits per heavy atom. The number of nitrogens with one attached hydrogen (secondary N) is 1. The molecule has 25 heavy (non-hydrogen) atoms. The summed E-state index contributed by atoms with van der Waals surface area (Å²) in [7, 11) is 0. The first kappa shape index (κ1) is 16.6. The third kappa shape index (κ3) is 3.43. The third-order valence-electron chi connectivity index (χ3n) is 5.83. The Morgan fingerprint density at radius 1 is 1.36 bits per heavy atom. The van der Waals surface area contributed by atoms with Crippen LogP contribution in [-0.4, -0.2) is 47.6 Å². The molecule has 2 fully saturated rings. The fraction of sp³-hybridized carbons (Fsp3) is 0.600. The molecule has 0 bridgehead atoms. The van der Waals surface area contributed by atoms with Crippen molar-refractivity contribution in [3.63, 3.8) is 0 Å². The molecule has 0 aromatic carbocycles. The zero-order valence-electron chi connectivity index (χ0n) is 14.7. The van der Waals surface area contributed by atoms with E-state index in [0.717, 1.165) is 69.7 Å². The molecule has 1 amide bonds.